The number of aromatic nitrogens is 3. The summed E-state index contributed by atoms with van der Waals surface area (Å²) in [5.74, 6) is 0.887. The van der Waals surface area contributed by atoms with Gasteiger partial charge in [0.2, 0.25) is 5.95 Å². The summed E-state index contributed by atoms with van der Waals surface area (Å²) < 4.78 is 6.65. The van der Waals surface area contributed by atoms with E-state index in [1.165, 1.54) is 46.1 Å². The number of ether oxygens (including phenoxy) is 1. The summed E-state index contributed by atoms with van der Waals surface area (Å²) in [7, 11) is 1.32. The smallest absolute Gasteiger partial charge is 0.413 e. The molecule has 7 heteroatoms. The third kappa shape index (κ3) is 3.39. The van der Waals surface area contributed by atoms with Gasteiger partial charge in [-0.15, -0.1) is 0 Å². The minimum Gasteiger partial charge on any atom is -0.453 e. The minimum atomic E-state index is -0.560. The zero-order chi connectivity index (χ0) is 17.1. The van der Waals surface area contributed by atoms with Crippen molar-refractivity contribution in [3.8, 4) is 0 Å². The molecule has 0 aromatic carbocycles. The molecule has 1 aliphatic rings. The zero-order valence-corrected chi connectivity index (χ0v) is 14.0. The summed E-state index contributed by atoms with van der Waals surface area (Å²) in [6.45, 7) is 2.25. The maximum absolute atomic E-state index is 11.6. The van der Waals surface area contributed by atoms with Crippen molar-refractivity contribution < 1.29 is 14.3 Å². The first-order chi connectivity index (χ1) is 11.6. The molecule has 0 saturated heterocycles. The second-order valence-corrected chi connectivity index (χ2v) is 6.28. The molecular weight excluding hydrogens is 308 g/mol. The molecule has 1 saturated carbocycles. The number of pyridine rings is 1. The first-order valence-corrected chi connectivity index (χ1v) is 8.30. The SMILES string of the molecule is COC(=O)Nc1nc2cnc(C(C)=O)cc2n1CC1CCCCC1. The van der Waals surface area contributed by atoms with Gasteiger partial charge in [0.1, 0.15) is 11.2 Å². The molecule has 24 heavy (non-hydrogen) atoms. The number of fused-ring (bicyclic) bond motifs is 1. The number of rotatable bonds is 4. The molecule has 3 rings (SSSR count). The normalized spacial score (nSPS) is 15.4. The van der Waals surface area contributed by atoms with Gasteiger partial charge in [0, 0.05) is 13.5 Å². The largest absolute Gasteiger partial charge is 0.453 e. The van der Waals surface area contributed by atoms with E-state index in [1.807, 2.05) is 4.57 Å². The van der Waals surface area contributed by atoms with E-state index in [-0.39, 0.29) is 5.78 Å². The Bertz CT molecular complexity index is 763. The van der Waals surface area contributed by atoms with Gasteiger partial charge in [-0.2, -0.15) is 0 Å². The van der Waals surface area contributed by atoms with Crippen molar-refractivity contribution in [2.24, 2.45) is 5.92 Å². The predicted octanol–water partition coefficient (Wildman–Crippen LogP) is 3.39. The van der Waals surface area contributed by atoms with Crippen LogP contribution in [0.25, 0.3) is 11.0 Å². The lowest BCUT2D eigenvalue weighted by Gasteiger charge is -2.23. The average Bonchev–Trinajstić information content (AvgIpc) is 2.92. The van der Waals surface area contributed by atoms with E-state index in [0.29, 0.717) is 23.1 Å². The van der Waals surface area contributed by atoms with E-state index in [9.17, 15) is 9.59 Å². The average molecular weight is 330 g/mol. The van der Waals surface area contributed by atoms with Crippen LogP contribution in [0.5, 0.6) is 0 Å². The fourth-order valence-electron chi connectivity index (χ4n) is 3.27. The van der Waals surface area contributed by atoms with Gasteiger partial charge in [0.25, 0.3) is 0 Å². The number of Topliss-reactive ketones (excluding diaryl/α,β-unsaturated/α-hetero) is 1. The topological polar surface area (TPSA) is 86.1 Å². The molecule has 7 nitrogen and oxygen atoms in total. The zero-order valence-electron chi connectivity index (χ0n) is 14.0. The van der Waals surface area contributed by atoms with Crippen LogP contribution in [0.15, 0.2) is 12.3 Å². The molecule has 1 fully saturated rings. The molecule has 0 unspecified atom stereocenters. The third-order valence-corrected chi connectivity index (χ3v) is 4.56. The van der Waals surface area contributed by atoms with Gasteiger partial charge in [-0.05, 0) is 24.8 Å². The highest BCUT2D eigenvalue weighted by Gasteiger charge is 2.20. The Morgan fingerprint density at radius 1 is 1.33 bits per heavy atom. The highest BCUT2D eigenvalue weighted by Crippen LogP contribution is 2.29. The Morgan fingerprint density at radius 2 is 2.08 bits per heavy atom. The van der Waals surface area contributed by atoms with Gasteiger partial charge in [-0.25, -0.2) is 9.78 Å². The van der Waals surface area contributed by atoms with Crippen LogP contribution in [0.3, 0.4) is 0 Å². The Kier molecular flexibility index (Phi) is 4.78. The van der Waals surface area contributed by atoms with E-state index in [2.05, 4.69) is 20.0 Å². The van der Waals surface area contributed by atoms with Crippen molar-refractivity contribution in [2.45, 2.75) is 45.6 Å². The van der Waals surface area contributed by atoms with Crippen molar-refractivity contribution in [3.63, 3.8) is 0 Å². The number of nitrogens with zero attached hydrogens (tertiary/aromatic N) is 3. The molecule has 1 N–H and O–H groups in total. The third-order valence-electron chi connectivity index (χ3n) is 4.56. The maximum atomic E-state index is 11.6. The van der Waals surface area contributed by atoms with Crippen LogP contribution in [0.1, 0.15) is 49.5 Å². The lowest BCUT2D eigenvalue weighted by atomic mass is 9.89. The quantitative estimate of drug-likeness (QED) is 0.868. The van der Waals surface area contributed by atoms with Crippen LogP contribution >= 0.6 is 0 Å². The van der Waals surface area contributed by atoms with Gasteiger partial charge >= 0.3 is 6.09 Å². The maximum Gasteiger partial charge on any atom is 0.413 e. The second kappa shape index (κ2) is 6.98. The van der Waals surface area contributed by atoms with Crippen LogP contribution in [0.2, 0.25) is 0 Å². The van der Waals surface area contributed by atoms with E-state index in [1.54, 1.807) is 12.3 Å². The molecule has 1 amide bonds. The molecule has 0 spiro atoms. The van der Waals surface area contributed by atoms with Crippen LogP contribution in [-0.4, -0.2) is 33.5 Å². The standard InChI is InChI=1S/C17H22N4O3/c1-11(22)13-8-15-14(9-18-13)19-16(20-17(23)24-2)21(15)10-12-6-4-3-5-7-12/h8-9,12H,3-7,10H2,1-2H3,(H,19,20,23). The Labute approximate surface area is 140 Å². The van der Waals surface area contributed by atoms with Crippen molar-refractivity contribution >= 4 is 28.9 Å². The highest BCUT2D eigenvalue weighted by molar-refractivity contribution is 5.95. The number of hydrogen-bond donors (Lipinski definition) is 1. The highest BCUT2D eigenvalue weighted by atomic mass is 16.5. The molecular formula is C17H22N4O3. The van der Waals surface area contributed by atoms with Crippen LogP contribution < -0.4 is 5.32 Å². The van der Waals surface area contributed by atoms with Gasteiger partial charge in [-0.1, -0.05) is 19.3 Å². The molecule has 1 aliphatic carbocycles. The van der Waals surface area contributed by atoms with E-state index < -0.39 is 6.09 Å². The molecule has 0 radical (unpaired) electrons. The molecule has 0 aliphatic heterocycles. The Balaban J connectivity index is 2.01. The van der Waals surface area contributed by atoms with Crippen molar-refractivity contribution in [3.05, 3.63) is 18.0 Å². The van der Waals surface area contributed by atoms with E-state index >= 15 is 0 Å². The van der Waals surface area contributed by atoms with Gasteiger partial charge in [0.15, 0.2) is 5.78 Å². The number of hydrogen-bond acceptors (Lipinski definition) is 5. The van der Waals surface area contributed by atoms with E-state index in [4.69, 9.17) is 0 Å². The van der Waals surface area contributed by atoms with Crippen LogP contribution in [-0.2, 0) is 11.3 Å². The first-order valence-electron chi connectivity index (χ1n) is 8.30. The number of nitrogens with one attached hydrogen (secondary N) is 1. The monoisotopic (exact) mass is 330 g/mol. The van der Waals surface area contributed by atoms with Crippen molar-refractivity contribution in [1.82, 2.24) is 14.5 Å². The fraction of sp³-hybridized carbons (Fsp3) is 0.529. The summed E-state index contributed by atoms with van der Waals surface area (Å²) in [5.41, 5.74) is 1.87. The Morgan fingerprint density at radius 3 is 2.75 bits per heavy atom. The molecule has 0 atom stereocenters. The van der Waals surface area contributed by atoms with Crippen molar-refractivity contribution in [2.75, 3.05) is 12.4 Å². The van der Waals surface area contributed by atoms with Gasteiger partial charge < -0.3 is 9.30 Å². The minimum absolute atomic E-state index is 0.0928. The van der Waals surface area contributed by atoms with Crippen molar-refractivity contribution in [1.29, 1.82) is 0 Å². The lowest BCUT2D eigenvalue weighted by Crippen LogP contribution is -2.19. The predicted molar refractivity (Wildman–Crippen MR) is 90.1 cm³/mol. The Hall–Kier alpha value is -2.44. The number of imidazole rings is 1. The molecule has 2 aromatic heterocycles. The number of carbonyl (C=O) groups is 2. The summed E-state index contributed by atoms with van der Waals surface area (Å²) in [4.78, 5) is 31.8. The van der Waals surface area contributed by atoms with Gasteiger partial charge in [-0.3, -0.25) is 15.1 Å². The van der Waals surface area contributed by atoms with Crippen LogP contribution in [0.4, 0.5) is 10.7 Å². The molecule has 0 bridgehead atoms. The summed E-state index contributed by atoms with van der Waals surface area (Å²) in [6.07, 6.45) is 7.10. The van der Waals surface area contributed by atoms with E-state index in [0.717, 1.165) is 12.1 Å². The molecule has 2 heterocycles. The second-order valence-electron chi connectivity index (χ2n) is 6.28. The summed E-state index contributed by atoms with van der Waals surface area (Å²) >= 11 is 0. The molecule has 128 valence electrons. The van der Waals surface area contributed by atoms with Gasteiger partial charge in [0.05, 0.1) is 18.8 Å². The fourth-order valence-corrected chi connectivity index (χ4v) is 3.27. The molecule has 2 aromatic rings. The number of anilines is 1. The van der Waals surface area contributed by atoms with Crippen LogP contribution in [0, 0.1) is 5.92 Å². The number of methoxy groups -OCH3 is 1. The number of amides is 1. The first kappa shape index (κ1) is 16.4. The summed E-state index contributed by atoms with van der Waals surface area (Å²) in [5, 5.41) is 2.67. The lowest BCUT2D eigenvalue weighted by molar-refractivity contribution is 0.101. The number of carbonyl (C=O) groups excluding carboxylic acids is 2. The summed E-state index contributed by atoms with van der Waals surface area (Å²) in [6, 6.07) is 1.75. The number of ketones is 1.